The van der Waals surface area contributed by atoms with Crippen molar-refractivity contribution >= 4 is 9.84 Å². The van der Waals surface area contributed by atoms with Gasteiger partial charge in [0.1, 0.15) is 5.82 Å². The molecule has 0 spiro atoms. The van der Waals surface area contributed by atoms with E-state index in [2.05, 4.69) is 0 Å². The second kappa shape index (κ2) is 5.38. The van der Waals surface area contributed by atoms with Crippen LogP contribution in [0.3, 0.4) is 0 Å². The Hall–Kier alpha value is -0.980. The fraction of sp³-hybridized carbons (Fsp3) is 0.400. The molecule has 6 heteroatoms. The van der Waals surface area contributed by atoms with Crippen LogP contribution in [0.2, 0.25) is 0 Å². The summed E-state index contributed by atoms with van der Waals surface area (Å²) >= 11 is 0. The predicted molar refractivity (Wildman–Crippen MR) is 58.1 cm³/mol. The number of nitrogens with two attached hydrogens (primary N) is 1. The molecule has 0 aliphatic carbocycles. The summed E-state index contributed by atoms with van der Waals surface area (Å²) in [4.78, 5) is 0.0686. The Bertz CT molecular complexity index is 430. The maximum atomic E-state index is 12.6. The predicted octanol–water partition coefficient (Wildman–Crippen LogP) is 0.309. The van der Waals surface area contributed by atoms with Gasteiger partial charge in [0.25, 0.3) is 0 Å². The Morgan fingerprint density at radius 3 is 2.38 bits per heavy atom. The molecule has 0 heterocycles. The summed E-state index contributed by atoms with van der Waals surface area (Å²) in [7, 11) is -3.44. The Kier molecular flexibility index (Phi) is 4.40. The first-order valence-corrected chi connectivity index (χ1v) is 6.45. The standard InChI is InChI=1S/C10H14FNO3S/c11-8-1-3-10(4-2-8)16(14,15)6-5-9(12)7-13/h1-4,9,13H,5-7,12H2/t9-/m0/s1. The molecule has 0 aliphatic rings. The van der Waals surface area contributed by atoms with Crippen LogP contribution in [0.25, 0.3) is 0 Å². The second-order valence-corrected chi connectivity index (χ2v) is 5.61. The van der Waals surface area contributed by atoms with E-state index in [-0.39, 0.29) is 23.7 Å². The van der Waals surface area contributed by atoms with Crippen molar-refractivity contribution in [2.75, 3.05) is 12.4 Å². The van der Waals surface area contributed by atoms with Crippen LogP contribution in [0.4, 0.5) is 4.39 Å². The van der Waals surface area contributed by atoms with E-state index in [4.69, 9.17) is 10.8 Å². The van der Waals surface area contributed by atoms with Crippen molar-refractivity contribution in [1.29, 1.82) is 0 Å². The largest absolute Gasteiger partial charge is 0.395 e. The van der Waals surface area contributed by atoms with Crippen LogP contribution in [0, 0.1) is 5.82 Å². The molecule has 16 heavy (non-hydrogen) atoms. The summed E-state index contributed by atoms with van der Waals surface area (Å²) < 4.78 is 36.0. The van der Waals surface area contributed by atoms with E-state index in [0.717, 1.165) is 12.1 Å². The van der Waals surface area contributed by atoms with Crippen molar-refractivity contribution in [1.82, 2.24) is 0 Å². The third-order valence-corrected chi connectivity index (χ3v) is 3.93. The Morgan fingerprint density at radius 2 is 1.88 bits per heavy atom. The van der Waals surface area contributed by atoms with Crippen LogP contribution >= 0.6 is 0 Å². The lowest BCUT2D eigenvalue weighted by Gasteiger charge is -2.08. The molecule has 1 aromatic carbocycles. The Labute approximate surface area is 93.8 Å². The molecule has 1 aromatic rings. The van der Waals surface area contributed by atoms with Gasteiger partial charge in [-0.3, -0.25) is 0 Å². The molecule has 1 rings (SSSR count). The molecule has 0 aromatic heterocycles. The molecule has 0 bridgehead atoms. The van der Waals surface area contributed by atoms with Gasteiger partial charge in [-0.15, -0.1) is 0 Å². The van der Waals surface area contributed by atoms with E-state index >= 15 is 0 Å². The highest BCUT2D eigenvalue weighted by molar-refractivity contribution is 7.91. The van der Waals surface area contributed by atoms with E-state index in [1.165, 1.54) is 12.1 Å². The summed E-state index contributed by atoms with van der Waals surface area (Å²) in [6.07, 6.45) is 0.177. The molecule has 90 valence electrons. The number of halogens is 1. The lowest BCUT2D eigenvalue weighted by Crippen LogP contribution is -2.27. The maximum absolute atomic E-state index is 12.6. The Morgan fingerprint density at radius 1 is 1.31 bits per heavy atom. The zero-order chi connectivity index (χ0) is 12.2. The molecule has 0 aliphatic heterocycles. The quantitative estimate of drug-likeness (QED) is 0.734. The average Bonchev–Trinajstić information content (AvgIpc) is 2.26. The van der Waals surface area contributed by atoms with E-state index in [0.29, 0.717) is 0 Å². The van der Waals surface area contributed by atoms with Gasteiger partial charge < -0.3 is 10.8 Å². The van der Waals surface area contributed by atoms with Crippen LogP contribution in [0.1, 0.15) is 6.42 Å². The zero-order valence-electron chi connectivity index (χ0n) is 8.64. The van der Waals surface area contributed by atoms with Gasteiger partial charge in [-0.1, -0.05) is 0 Å². The first-order valence-electron chi connectivity index (χ1n) is 4.80. The number of hydrogen-bond acceptors (Lipinski definition) is 4. The van der Waals surface area contributed by atoms with Gasteiger partial charge in [0.2, 0.25) is 0 Å². The molecule has 0 unspecified atom stereocenters. The smallest absolute Gasteiger partial charge is 0.178 e. The summed E-state index contributed by atoms with van der Waals surface area (Å²) in [5.41, 5.74) is 5.41. The molecular formula is C10H14FNO3S. The molecule has 0 fully saturated rings. The van der Waals surface area contributed by atoms with Crippen molar-refractivity contribution in [2.45, 2.75) is 17.4 Å². The Balaban J connectivity index is 2.74. The molecule has 0 radical (unpaired) electrons. The second-order valence-electron chi connectivity index (χ2n) is 3.50. The van der Waals surface area contributed by atoms with Gasteiger partial charge in [-0.25, -0.2) is 12.8 Å². The van der Waals surface area contributed by atoms with E-state index < -0.39 is 21.7 Å². The zero-order valence-corrected chi connectivity index (χ0v) is 9.45. The summed E-state index contributed by atoms with van der Waals surface area (Å²) in [5, 5.41) is 8.67. The summed E-state index contributed by atoms with van der Waals surface area (Å²) in [6, 6.07) is 4.08. The highest BCUT2D eigenvalue weighted by atomic mass is 32.2. The van der Waals surface area contributed by atoms with Gasteiger partial charge in [-0.2, -0.15) is 0 Å². The lowest BCUT2D eigenvalue weighted by atomic mass is 10.3. The van der Waals surface area contributed by atoms with Crippen LogP contribution in [-0.2, 0) is 9.84 Å². The van der Waals surface area contributed by atoms with Crippen LogP contribution < -0.4 is 5.73 Å². The fourth-order valence-corrected chi connectivity index (χ4v) is 2.56. The number of rotatable bonds is 5. The fourth-order valence-electron chi connectivity index (χ4n) is 1.16. The van der Waals surface area contributed by atoms with Crippen molar-refractivity contribution < 1.29 is 17.9 Å². The monoisotopic (exact) mass is 247 g/mol. The van der Waals surface area contributed by atoms with Gasteiger partial charge in [-0.05, 0) is 30.7 Å². The van der Waals surface area contributed by atoms with E-state index in [9.17, 15) is 12.8 Å². The van der Waals surface area contributed by atoms with Crippen molar-refractivity contribution in [2.24, 2.45) is 5.73 Å². The number of hydrogen-bond donors (Lipinski definition) is 2. The number of benzene rings is 1. The van der Waals surface area contributed by atoms with Crippen LogP contribution in [-0.4, -0.2) is 31.9 Å². The van der Waals surface area contributed by atoms with Gasteiger partial charge >= 0.3 is 0 Å². The number of aliphatic hydroxyl groups excluding tert-OH is 1. The van der Waals surface area contributed by atoms with Crippen molar-refractivity contribution in [3.63, 3.8) is 0 Å². The van der Waals surface area contributed by atoms with Gasteiger partial charge in [0, 0.05) is 6.04 Å². The molecule has 3 N–H and O–H groups in total. The minimum absolute atomic E-state index is 0.0686. The topological polar surface area (TPSA) is 80.4 Å². The molecule has 1 atom stereocenters. The third-order valence-electron chi connectivity index (χ3n) is 2.16. The minimum Gasteiger partial charge on any atom is -0.395 e. The highest BCUT2D eigenvalue weighted by Gasteiger charge is 2.15. The number of sulfone groups is 1. The lowest BCUT2D eigenvalue weighted by molar-refractivity contribution is 0.263. The molecule has 4 nitrogen and oxygen atoms in total. The SMILES string of the molecule is N[C@H](CO)CCS(=O)(=O)c1ccc(F)cc1. The van der Waals surface area contributed by atoms with Crippen LogP contribution in [0.15, 0.2) is 29.2 Å². The minimum atomic E-state index is -3.44. The molecule has 0 saturated heterocycles. The first kappa shape index (κ1) is 13.1. The van der Waals surface area contributed by atoms with E-state index in [1.807, 2.05) is 0 Å². The summed E-state index contributed by atoms with van der Waals surface area (Å²) in [6.45, 7) is -0.251. The highest BCUT2D eigenvalue weighted by Crippen LogP contribution is 2.13. The van der Waals surface area contributed by atoms with Crippen molar-refractivity contribution in [3.8, 4) is 0 Å². The van der Waals surface area contributed by atoms with Crippen LogP contribution in [0.5, 0.6) is 0 Å². The maximum Gasteiger partial charge on any atom is 0.178 e. The molecule has 0 amide bonds. The van der Waals surface area contributed by atoms with Gasteiger partial charge in [0.15, 0.2) is 9.84 Å². The third kappa shape index (κ3) is 3.55. The molecule has 0 saturated carbocycles. The normalized spacial score (nSPS) is 13.7. The van der Waals surface area contributed by atoms with E-state index in [1.54, 1.807) is 0 Å². The summed E-state index contributed by atoms with van der Waals surface area (Å²) in [5.74, 6) is -0.633. The molecular weight excluding hydrogens is 233 g/mol. The number of aliphatic hydroxyl groups is 1. The first-order chi connectivity index (χ1) is 7.45. The van der Waals surface area contributed by atoms with Crippen molar-refractivity contribution in [3.05, 3.63) is 30.1 Å². The van der Waals surface area contributed by atoms with Gasteiger partial charge in [0.05, 0.1) is 17.3 Å². The average molecular weight is 247 g/mol.